The first-order chi connectivity index (χ1) is 7.83. The molecule has 0 aliphatic rings. The Morgan fingerprint density at radius 1 is 1.25 bits per heavy atom. The molecule has 0 saturated carbocycles. The fourth-order valence-electron chi connectivity index (χ4n) is 1.64. The van der Waals surface area contributed by atoms with Crippen molar-refractivity contribution in [2.24, 2.45) is 0 Å². The fourth-order valence-corrected chi connectivity index (χ4v) is 2.81. The van der Waals surface area contributed by atoms with E-state index in [9.17, 15) is 0 Å². The molecule has 84 valence electrons. The molecule has 1 heterocycles. The van der Waals surface area contributed by atoms with Crippen molar-refractivity contribution < 1.29 is 0 Å². The van der Waals surface area contributed by atoms with Gasteiger partial charge >= 0.3 is 0 Å². The Labute approximate surface area is 109 Å². The van der Waals surface area contributed by atoms with Crippen molar-refractivity contribution in [3.8, 4) is 11.3 Å². The van der Waals surface area contributed by atoms with Gasteiger partial charge in [-0.05, 0) is 12.0 Å². The Morgan fingerprint density at radius 3 is 2.56 bits per heavy atom. The molecule has 0 radical (unpaired) electrons. The van der Waals surface area contributed by atoms with Crippen LogP contribution in [0.5, 0.6) is 0 Å². The van der Waals surface area contributed by atoms with Crippen molar-refractivity contribution in [3.05, 3.63) is 40.2 Å². The van der Waals surface area contributed by atoms with Crippen molar-refractivity contribution in [1.29, 1.82) is 0 Å². The van der Waals surface area contributed by atoms with E-state index >= 15 is 0 Å². The number of aryl methyl sites for hydroxylation is 1. The number of alkyl halides is 1. The van der Waals surface area contributed by atoms with Crippen molar-refractivity contribution in [2.45, 2.75) is 25.1 Å². The van der Waals surface area contributed by atoms with Gasteiger partial charge in [0.1, 0.15) is 5.01 Å². The molecular weight excluding hydrogens is 282 g/mol. The Hall–Kier alpha value is -0.670. The summed E-state index contributed by atoms with van der Waals surface area (Å²) in [5.74, 6) is 0. The molecule has 1 nitrogen and oxygen atoms in total. The summed E-state index contributed by atoms with van der Waals surface area (Å²) in [7, 11) is 0. The maximum Gasteiger partial charge on any atom is 0.104 e. The van der Waals surface area contributed by atoms with Crippen LogP contribution in [0.15, 0.2) is 29.6 Å². The molecule has 0 aliphatic carbocycles. The minimum Gasteiger partial charge on any atom is -0.240 e. The van der Waals surface area contributed by atoms with Gasteiger partial charge in [-0.3, -0.25) is 0 Å². The van der Waals surface area contributed by atoms with Crippen LogP contribution in [-0.2, 0) is 11.8 Å². The first-order valence-electron chi connectivity index (χ1n) is 5.43. The van der Waals surface area contributed by atoms with Gasteiger partial charge < -0.3 is 0 Å². The molecular formula is C13H14BrNS. The number of halogens is 1. The van der Waals surface area contributed by atoms with Crippen molar-refractivity contribution >= 4 is 27.3 Å². The summed E-state index contributed by atoms with van der Waals surface area (Å²) in [4.78, 5) is 4.55. The summed E-state index contributed by atoms with van der Waals surface area (Å²) in [6.07, 6.45) is 2.35. The van der Waals surface area contributed by atoms with Crippen LogP contribution >= 0.6 is 27.3 Å². The Kier molecular flexibility index (Phi) is 4.13. The van der Waals surface area contributed by atoms with E-state index < -0.39 is 0 Å². The second-order valence-corrected chi connectivity index (χ2v) is 5.21. The quantitative estimate of drug-likeness (QED) is 0.748. The maximum absolute atomic E-state index is 4.55. The monoisotopic (exact) mass is 295 g/mol. The van der Waals surface area contributed by atoms with E-state index in [0.717, 1.165) is 22.5 Å². The molecule has 1 aromatic heterocycles. The molecule has 0 saturated heterocycles. The first-order valence-corrected chi connectivity index (χ1v) is 7.43. The highest BCUT2D eigenvalue weighted by Crippen LogP contribution is 2.23. The zero-order chi connectivity index (χ0) is 11.4. The molecule has 3 heteroatoms. The lowest BCUT2D eigenvalue weighted by molar-refractivity contribution is 0.922. The van der Waals surface area contributed by atoms with E-state index in [1.165, 1.54) is 17.5 Å². The van der Waals surface area contributed by atoms with E-state index in [4.69, 9.17) is 0 Å². The van der Waals surface area contributed by atoms with E-state index in [1.54, 1.807) is 11.3 Å². The molecule has 0 N–H and O–H groups in total. The zero-order valence-corrected chi connectivity index (χ0v) is 11.6. The van der Waals surface area contributed by atoms with Crippen LogP contribution in [0.2, 0.25) is 0 Å². The first kappa shape index (κ1) is 11.8. The highest BCUT2D eigenvalue weighted by molar-refractivity contribution is 9.08. The van der Waals surface area contributed by atoms with Crippen LogP contribution in [0.25, 0.3) is 11.3 Å². The second kappa shape index (κ2) is 5.60. The Bertz CT molecular complexity index is 447. The van der Waals surface area contributed by atoms with Crippen LogP contribution in [0.1, 0.15) is 23.9 Å². The van der Waals surface area contributed by atoms with Gasteiger partial charge in [-0.2, -0.15) is 0 Å². The molecule has 2 rings (SSSR count). The van der Waals surface area contributed by atoms with Crippen LogP contribution in [0.3, 0.4) is 0 Å². The van der Waals surface area contributed by atoms with Gasteiger partial charge in [0, 0.05) is 10.9 Å². The Balaban J connectivity index is 2.20. The molecule has 0 amide bonds. The minimum atomic E-state index is 0.839. The third-order valence-electron chi connectivity index (χ3n) is 2.45. The molecule has 0 aliphatic heterocycles. The zero-order valence-electron chi connectivity index (χ0n) is 9.24. The Morgan fingerprint density at radius 2 is 2.00 bits per heavy atom. The standard InChI is InChI=1S/C13H14BrNS/c1-2-3-10-4-6-11(7-5-10)12-9-16-13(8-14)15-12/h4-7,9H,2-3,8H2,1H3. The summed E-state index contributed by atoms with van der Waals surface area (Å²) in [6.45, 7) is 2.20. The largest absolute Gasteiger partial charge is 0.240 e. The number of thiazole rings is 1. The number of nitrogens with zero attached hydrogens (tertiary/aromatic N) is 1. The number of hydrogen-bond acceptors (Lipinski definition) is 2. The van der Waals surface area contributed by atoms with Crippen LogP contribution < -0.4 is 0 Å². The summed E-state index contributed by atoms with van der Waals surface area (Å²) in [5, 5.41) is 4.09. The van der Waals surface area contributed by atoms with Crippen LogP contribution in [0.4, 0.5) is 0 Å². The van der Waals surface area contributed by atoms with Crippen LogP contribution in [0, 0.1) is 0 Å². The minimum absolute atomic E-state index is 0.839. The molecule has 16 heavy (non-hydrogen) atoms. The van der Waals surface area contributed by atoms with Crippen molar-refractivity contribution in [2.75, 3.05) is 0 Å². The van der Waals surface area contributed by atoms with Gasteiger partial charge in [0.05, 0.1) is 11.0 Å². The highest BCUT2D eigenvalue weighted by atomic mass is 79.9. The molecule has 0 unspecified atom stereocenters. The number of rotatable bonds is 4. The van der Waals surface area contributed by atoms with E-state index in [0.29, 0.717) is 0 Å². The summed E-state index contributed by atoms with van der Waals surface area (Å²) in [6, 6.07) is 8.73. The molecule has 0 bridgehead atoms. The predicted octanol–water partition coefficient (Wildman–Crippen LogP) is 4.66. The van der Waals surface area contributed by atoms with Gasteiger partial charge in [-0.15, -0.1) is 11.3 Å². The van der Waals surface area contributed by atoms with E-state index in [2.05, 4.69) is 57.5 Å². The van der Waals surface area contributed by atoms with Crippen molar-refractivity contribution in [1.82, 2.24) is 4.98 Å². The van der Waals surface area contributed by atoms with Crippen LogP contribution in [-0.4, -0.2) is 4.98 Å². The average molecular weight is 296 g/mol. The van der Waals surface area contributed by atoms with Gasteiger partial charge in [0.15, 0.2) is 0 Å². The molecule has 0 fully saturated rings. The smallest absolute Gasteiger partial charge is 0.104 e. The third-order valence-corrected chi connectivity index (χ3v) is 4.21. The van der Waals surface area contributed by atoms with Gasteiger partial charge in [-0.1, -0.05) is 53.5 Å². The SMILES string of the molecule is CCCc1ccc(-c2csc(CBr)n2)cc1. The lowest BCUT2D eigenvalue weighted by Crippen LogP contribution is -1.84. The molecule has 2 aromatic rings. The average Bonchev–Trinajstić information content (AvgIpc) is 2.79. The van der Waals surface area contributed by atoms with Gasteiger partial charge in [0.2, 0.25) is 0 Å². The topological polar surface area (TPSA) is 12.9 Å². The summed E-state index contributed by atoms with van der Waals surface area (Å²) < 4.78 is 0. The second-order valence-electron chi connectivity index (χ2n) is 3.71. The lowest BCUT2D eigenvalue weighted by atomic mass is 10.1. The normalized spacial score (nSPS) is 10.6. The van der Waals surface area contributed by atoms with E-state index in [1.807, 2.05) is 0 Å². The number of hydrogen-bond donors (Lipinski definition) is 0. The summed E-state index contributed by atoms with van der Waals surface area (Å²) in [5.41, 5.74) is 3.70. The molecule has 1 aromatic carbocycles. The summed E-state index contributed by atoms with van der Waals surface area (Å²) >= 11 is 5.12. The fraction of sp³-hybridized carbons (Fsp3) is 0.308. The number of aromatic nitrogens is 1. The third kappa shape index (κ3) is 2.71. The predicted molar refractivity (Wildman–Crippen MR) is 74.2 cm³/mol. The van der Waals surface area contributed by atoms with Gasteiger partial charge in [0.25, 0.3) is 0 Å². The molecule has 0 atom stereocenters. The highest BCUT2D eigenvalue weighted by Gasteiger charge is 2.03. The van der Waals surface area contributed by atoms with Crippen molar-refractivity contribution in [3.63, 3.8) is 0 Å². The maximum atomic E-state index is 4.55. The van der Waals surface area contributed by atoms with E-state index in [-0.39, 0.29) is 0 Å². The lowest BCUT2D eigenvalue weighted by Gasteiger charge is -2.00. The van der Waals surface area contributed by atoms with Gasteiger partial charge in [-0.25, -0.2) is 4.98 Å². The number of benzene rings is 1. The molecule has 0 spiro atoms.